The first kappa shape index (κ1) is 14.2. The average Bonchev–Trinajstić information content (AvgIpc) is 2.45. The number of rotatable bonds is 1. The molecule has 1 heterocycles. The van der Waals surface area contributed by atoms with E-state index in [2.05, 4.69) is 15.9 Å². The van der Waals surface area contributed by atoms with Gasteiger partial charge >= 0.3 is 0 Å². The summed E-state index contributed by atoms with van der Waals surface area (Å²) in [6.07, 6.45) is 1.27. The lowest BCUT2D eigenvalue weighted by molar-refractivity contribution is 0.0984. The van der Waals surface area contributed by atoms with Crippen LogP contribution in [0.3, 0.4) is 0 Å². The quantitative estimate of drug-likeness (QED) is 0.749. The van der Waals surface area contributed by atoms with Crippen LogP contribution in [0.2, 0.25) is 0 Å². The Hall–Kier alpha value is -1.75. The lowest BCUT2D eigenvalue weighted by Gasteiger charge is -2.30. The zero-order valence-corrected chi connectivity index (χ0v) is 12.7. The van der Waals surface area contributed by atoms with Crippen molar-refractivity contribution in [3.8, 4) is 0 Å². The van der Waals surface area contributed by atoms with Crippen molar-refractivity contribution in [2.75, 3.05) is 11.4 Å². The molecule has 108 valence electrons. The van der Waals surface area contributed by atoms with E-state index in [1.165, 1.54) is 11.0 Å². The van der Waals surface area contributed by atoms with Crippen LogP contribution in [-0.2, 0) is 6.42 Å². The van der Waals surface area contributed by atoms with Gasteiger partial charge in [0, 0.05) is 22.6 Å². The van der Waals surface area contributed by atoms with E-state index in [1.54, 1.807) is 18.2 Å². The molecule has 21 heavy (non-hydrogen) atoms. The largest absolute Gasteiger partial charge is 0.305 e. The molecule has 0 N–H and O–H groups in total. The predicted molar refractivity (Wildman–Crippen MR) is 80.5 cm³/mol. The highest BCUT2D eigenvalue weighted by molar-refractivity contribution is 9.10. The lowest BCUT2D eigenvalue weighted by atomic mass is 10.00. The minimum absolute atomic E-state index is 0.202. The number of carbonyl (C=O) groups excluding carboxylic acids is 1. The molecule has 0 aliphatic carbocycles. The third-order valence-corrected chi connectivity index (χ3v) is 4.01. The van der Waals surface area contributed by atoms with Crippen LogP contribution >= 0.6 is 15.9 Å². The van der Waals surface area contributed by atoms with E-state index in [9.17, 15) is 13.6 Å². The van der Waals surface area contributed by atoms with Gasteiger partial charge in [-0.1, -0.05) is 22.0 Å². The number of fused-ring (bicyclic) bond motifs is 1. The molecule has 3 rings (SSSR count). The Morgan fingerprint density at radius 3 is 2.76 bits per heavy atom. The van der Waals surface area contributed by atoms with Gasteiger partial charge < -0.3 is 4.90 Å². The maximum Gasteiger partial charge on any atom is 0.258 e. The summed E-state index contributed by atoms with van der Waals surface area (Å²) in [6.45, 7) is 0.431. The predicted octanol–water partition coefficient (Wildman–Crippen LogP) is 4.32. The SMILES string of the molecule is O=C(c1cccc(Br)c1)N1CCCc2cc(F)cc(F)c21. The number of hydrogen-bond donors (Lipinski definition) is 0. The van der Waals surface area contributed by atoms with E-state index in [0.717, 1.165) is 10.5 Å². The molecule has 2 nitrogen and oxygen atoms in total. The molecule has 2 aromatic carbocycles. The first-order valence-electron chi connectivity index (χ1n) is 6.61. The molecule has 0 aromatic heterocycles. The van der Waals surface area contributed by atoms with Crippen LogP contribution < -0.4 is 4.90 Å². The first-order chi connectivity index (χ1) is 10.1. The molecule has 0 spiro atoms. The van der Waals surface area contributed by atoms with Crippen molar-refractivity contribution in [1.29, 1.82) is 0 Å². The molecule has 1 aliphatic heterocycles. The highest BCUT2D eigenvalue weighted by atomic mass is 79.9. The van der Waals surface area contributed by atoms with Gasteiger partial charge in [0.15, 0.2) is 0 Å². The van der Waals surface area contributed by atoms with E-state index in [1.807, 2.05) is 6.07 Å². The van der Waals surface area contributed by atoms with Crippen molar-refractivity contribution in [2.24, 2.45) is 0 Å². The van der Waals surface area contributed by atoms with Gasteiger partial charge in [0.05, 0.1) is 5.69 Å². The summed E-state index contributed by atoms with van der Waals surface area (Å²) >= 11 is 3.32. The number of amides is 1. The summed E-state index contributed by atoms with van der Waals surface area (Å²) in [5.41, 5.74) is 1.22. The van der Waals surface area contributed by atoms with Gasteiger partial charge in [-0.15, -0.1) is 0 Å². The Bertz CT molecular complexity index is 717. The lowest BCUT2D eigenvalue weighted by Crippen LogP contribution is -2.36. The van der Waals surface area contributed by atoms with Crippen molar-refractivity contribution in [3.63, 3.8) is 0 Å². The molecule has 0 bridgehead atoms. The van der Waals surface area contributed by atoms with E-state index in [0.29, 0.717) is 30.5 Å². The van der Waals surface area contributed by atoms with E-state index < -0.39 is 11.6 Å². The van der Waals surface area contributed by atoms with Crippen LogP contribution in [0.25, 0.3) is 0 Å². The van der Waals surface area contributed by atoms with Crippen molar-refractivity contribution >= 4 is 27.5 Å². The van der Waals surface area contributed by atoms with Crippen molar-refractivity contribution < 1.29 is 13.6 Å². The van der Waals surface area contributed by atoms with Crippen LogP contribution in [0.4, 0.5) is 14.5 Å². The second-order valence-corrected chi connectivity index (χ2v) is 5.88. The minimum atomic E-state index is -0.687. The number of carbonyl (C=O) groups is 1. The molecule has 0 atom stereocenters. The van der Waals surface area contributed by atoms with Gasteiger partial charge in [0.1, 0.15) is 11.6 Å². The van der Waals surface area contributed by atoms with Crippen LogP contribution in [0.5, 0.6) is 0 Å². The Balaban J connectivity index is 2.04. The van der Waals surface area contributed by atoms with Gasteiger partial charge in [-0.2, -0.15) is 0 Å². The Morgan fingerprint density at radius 2 is 2.00 bits per heavy atom. The van der Waals surface area contributed by atoms with E-state index in [4.69, 9.17) is 0 Å². The number of benzene rings is 2. The highest BCUT2D eigenvalue weighted by Crippen LogP contribution is 2.32. The van der Waals surface area contributed by atoms with Gasteiger partial charge in [0.2, 0.25) is 0 Å². The van der Waals surface area contributed by atoms with Crippen LogP contribution in [0.15, 0.2) is 40.9 Å². The fraction of sp³-hybridized carbons (Fsp3) is 0.188. The fourth-order valence-corrected chi connectivity index (χ4v) is 3.03. The summed E-state index contributed by atoms with van der Waals surface area (Å²) in [4.78, 5) is 14.0. The molecule has 0 unspecified atom stereocenters. The molecule has 1 amide bonds. The van der Waals surface area contributed by atoms with Gasteiger partial charge in [-0.25, -0.2) is 8.78 Å². The van der Waals surface area contributed by atoms with E-state index in [-0.39, 0.29) is 11.6 Å². The summed E-state index contributed by atoms with van der Waals surface area (Å²) in [6, 6.07) is 9.07. The van der Waals surface area contributed by atoms with Gasteiger partial charge in [0.25, 0.3) is 5.91 Å². The van der Waals surface area contributed by atoms with Crippen molar-refractivity contribution in [3.05, 3.63) is 63.6 Å². The molecule has 0 saturated carbocycles. The smallest absolute Gasteiger partial charge is 0.258 e. The molecular formula is C16H12BrF2NO. The molecular weight excluding hydrogens is 340 g/mol. The topological polar surface area (TPSA) is 20.3 Å². The Labute approximate surface area is 129 Å². The number of nitrogens with zero attached hydrogens (tertiary/aromatic N) is 1. The normalized spacial score (nSPS) is 14.0. The maximum atomic E-state index is 14.1. The number of hydrogen-bond acceptors (Lipinski definition) is 1. The zero-order valence-electron chi connectivity index (χ0n) is 11.1. The monoisotopic (exact) mass is 351 g/mol. The molecule has 0 saturated heterocycles. The van der Waals surface area contributed by atoms with Crippen LogP contribution in [0.1, 0.15) is 22.3 Å². The second kappa shape index (κ2) is 5.56. The summed E-state index contributed by atoms with van der Waals surface area (Å²) in [5, 5.41) is 0. The Morgan fingerprint density at radius 1 is 1.19 bits per heavy atom. The van der Waals surface area contributed by atoms with Gasteiger partial charge in [-0.3, -0.25) is 4.79 Å². The molecule has 1 aliphatic rings. The number of aryl methyl sites for hydroxylation is 1. The fourth-order valence-electron chi connectivity index (χ4n) is 2.63. The molecule has 2 aromatic rings. The van der Waals surface area contributed by atoms with E-state index >= 15 is 0 Å². The third-order valence-electron chi connectivity index (χ3n) is 3.52. The zero-order chi connectivity index (χ0) is 15.0. The minimum Gasteiger partial charge on any atom is -0.305 e. The van der Waals surface area contributed by atoms with Crippen molar-refractivity contribution in [1.82, 2.24) is 0 Å². The maximum absolute atomic E-state index is 14.1. The van der Waals surface area contributed by atoms with Crippen LogP contribution in [0, 0.1) is 11.6 Å². The first-order valence-corrected chi connectivity index (χ1v) is 7.41. The van der Waals surface area contributed by atoms with Crippen LogP contribution in [-0.4, -0.2) is 12.5 Å². The molecule has 5 heteroatoms. The standard InChI is InChI=1S/C16H12BrF2NO/c17-12-5-1-3-11(7-12)16(21)20-6-2-4-10-8-13(18)9-14(19)15(10)20/h1,3,5,7-9H,2,4,6H2. The molecule has 0 radical (unpaired) electrons. The Kier molecular flexibility index (Phi) is 3.76. The number of anilines is 1. The second-order valence-electron chi connectivity index (χ2n) is 4.97. The molecule has 0 fully saturated rings. The summed E-state index contributed by atoms with van der Waals surface area (Å²) in [5.74, 6) is -1.57. The van der Waals surface area contributed by atoms with Gasteiger partial charge in [-0.05, 0) is 42.7 Å². The highest BCUT2D eigenvalue weighted by Gasteiger charge is 2.27. The summed E-state index contributed by atoms with van der Waals surface area (Å²) < 4.78 is 28.2. The van der Waals surface area contributed by atoms with Crippen molar-refractivity contribution in [2.45, 2.75) is 12.8 Å². The summed E-state index contributed by atoms with van der Waals surface area (Å²) in [7, 11) is 0. The average molecular weight is 352 g/mol. The number of halogens is 3. The third kappa shape index (κ3) is 2.70.